The summed E-state index contributed by atoms with van der Waals surface area (Å²) < 4.78 is 34.2. The number of aromatic nitrogens is 2. The van der Waals surface area contributed by atoms with Gasteiger partial charge in [0.05, 0.1) is 25.5 Å². The lowest BCUT2D eigenvalue weighted by atomic mass is 10.0. The second-order valence-corrected chi connectivity index (χ2v) is 8.29. The second kappa shape index (κ2) is 7.20. The highest BCUT2D eigenvalue weighted by molar-refractivity contribution is 7.90. The van der Waals surface area contributed by atoms with Gasteiger partial charge in [-0.15, -0.1) is 0 Å². The van der Waals surface area contributed by atoms with Crippen LogP contribution < -0.4 is 15.0 Å². The van der Waals surface area contributed by atoms with Gasteiger partial charge in [0.15, 0.2) is 0 Å². The minimum Gasteiger partial charge on any atom is -0.508 e. The molecule has 1 aliphatic heterocycles. The Hall–Kier alpha value is -2.59. The number of ether oxygens (including phenoxy) is 2. The summed E-state index contributed by atoms with van der Waals surface area (Å²) in [6, 6.07) is 3.00. The van der Waals surface area contributed by atoms with E-state index < -0.39 is 15.4 Å². The summed E-state index contributed by atoms with van der Waals surface area (Å²) in [5.41, 5.74) is 1.28. The first-order valence-electron chi connectivity index (χ1n) is 8.21. The molecule has 146 valence electrons. The number of hydrogen-bond donors (Lipinski definition) is 2. The third kappa shape index (κ3) is 3.91. The van der Waals surface area contributed by atoms with Crippen molar-refractivity contribution < 1.29 is 23.0 Å². The molecule has 0 amide bonds. The van der Waals surface area contributed by atoms with Gasteiger partial charge in [0.1, 0.15) is 17.2 Å². The molecule has 2 N–H and O–H groups in total. The molecule has 0 saturated carbocycles. The molecule has 0 radical (unpaired) electrons. The van der Waals surface area contributed by atoms with Crippen LogP contribution in [0.25, 0.3) is 0 Å². The zero-order valence-corrected chi connectivity index (χ0v) is 16.1. The number of H-pyrrole nitrogens is 1. The van der Waals surface area contributed by atoms with Gasteiger partial charge >= 0.3 is 0 Å². The van der Waals surface area contributed by atoms with Gasteiger partial charge in [-0.1, -0.05) is 0 Å². The van der Waals surface area contributed by atoms with E-state index in [1.807, 2.05) is 4.90 Å². The molecule has 0 bridgehead atoms. The summed E-state index contributed by atoms with van der Waals surface area (Å²) >= 11 is 0. The van der Waals surface area contributed by atoms with E-state index in [4.69, 9.17) is 9.47 Å². The number of methoxy groups -OCH3 is 2. The van der Waals surface area contributed by atoms with Gasteiger partial charge in [0.2, 0.25) is 15.0 Å². The van der Waals surface area contributed by atoms with Gasteiger partial charge in [-0.2, -0.15) is 0 Å². The van der Waals surface area contributed by atoms with Crippen LogP contribution in [0.5, 0.6) is 17.2 Å². The zero-order valence-electron chi connectivity index (χ0n) is 15.3. The Morgan fingerprint density at radius 2 is 1.89 bits per heavy atom. The molecule has 9 nitrogen and oxygen atoms in total. The minimum absolute atomic E-state index is 0.0300. The van der Waals surface area contributed by atoms with Gasteiger partial charge < -0.3 is 14.6 Å². The van der Waals surface area contributed by atoms with Crippen LogP contribution in [0.3, 0.4) is 0 Å². The standard InChI is InChI=1S/C17H21N3O6S/c1-25-14-6-10(21)7-15(26-2)12(14)8-20-5-4-11-13(9-20)18-17(19-16(11)22)27(3,23)24/h6-7,21H,4-5,8-9H2,1-3H3,(H,18,19,22). The summed E-state index contributed by atoms with van der Waals surface area (Å²) in [5, 5.41) is 9.45. The van der Waals surface area contributed by atoms with Crippen LogP contribution in [0.15, 0.2) is 22.1 Å². The molecule has 0 spiro atoms. The predicted molar refractivity (Wildman–Crippen MR) is 97.0 cm³/mol. The van der Waals surface area contributed by atoms with E-state index in [0.29, 0.717) is 48.8 Å². The Bertz CT molecular complexity index is 1010. The quantitative estimate of drug-likeness (QED) is 0.700. The molecule has 1 aromatic heterocycles. The van der Waals surface area contributed by atoms with Crippen molar-refractivity contribution in [3.8, 4) is 17.2 Å². The molecule has 27 heavy (non-hydrogen) atoms. The largest absolute Gasteiger partial charge is 0.508 e. The summed E-state index contributed by atoms with van der Waals surface area (Å²) in [6.45, 7) is 1.33. The fraction of sp³-hybridized carbons (Fsp3) is 0.412. The number of aromatic amines is 1. The number of sulfone groups is 1. The number of phenols is 1. The Morgan fingerprint density at radius 1 is 1.26 bits per heavy atom. The first kappa shape index (κ1) is 19.2. The summed E-state index contributed by atoms with van der Waals surface area (Å²) in [6.07, 6.45) is 1.45. The van der Waals surface area contributed by atoms with Crippen molar-refractivity contribution in [2.75, 3.05) is 27.0 Å². The lowest BCUT2D eigenvalue weighted by molar-refractivity contribution is 0.231. The highest BCUT2D eigenvalue weighted by Crippen LogP contribution is 2.35. The molecule has 1 aliphatic rings. The SMILES string of the molecule is COc1cc(O)cc(OC)c1CN1CCc2c(nc(S(C)(=O)=O)[nH]c2=O)C1. The number of benzene rings is 1. The molecule has 10 heteroatoms. The normalized spacial score (nSPS) is 14.6. The van der Waals surface area contributed by atoms with Crippen LogP contribution in [0.2, 0.25) is 0 Å². The molecule has 0 fully saturated rings. The molecular weight excluding hydrogens is 374 g/mol. The van der Waals surface area contributed by atoms with E-state index in [1.54, 1.807) is 0 Å². The molecule has 2 aromatic rings. The maximum Gasteiger partial charge on any atom is 0.255 e. The zero-order chi connectivity index (χ0) is 19.8. The van der Waals surface area contributed by atoms with E-state index in [2.05, 4.69) is 9.97 Å². The van der Waals surface area contributed by atoms with Crippen LogP contribution in [-0.2, 0) is 29.3 Å². The molecule has 0 aliphatic carbocycles. The van der Waals surface area contributed by atoms with Crippen LogP contribution in [0, 0.1) is 0 Å². The van der Waals surface area contributed by atoms with Gasteiger partial charge in [-0.25, -0.2) is 13.4 Å². The fourth-order valence-corrected chi connectivity index (χ4v) is 3.69. The van der Waals surface area contributed by atoms with E-state index in [9.17, 15) is 18.3 Å². The predicted octanol–water partition coefficient (Wildman–Crippen LogP) is 0.454. The highest BCUT2D eigenvalue weighted by atomic mass is 32.2. The van der Waals surface area contributed by atoms with Crippen molar-refractivity contribution in [3.05, 3.63) is 39.3 Å². The van der Waals surface area contributed by atoms with Crippen molar-refractivity contribution in [3.63, 3.8) is 0 Å². The lowest BCUT2D eigenvalue weighted by Crippen LogP contribution is -2.35. The number of aromatic hydroxyl groups is 1. The van der Waals surface area contributed by atoms with Gasteiger partial charge in [-0.05, 0) is 6.42 Å². The van der Waals surface area contributed by atoms with Gasteiger partial charge in [0.25, 0.3) is 5.56 Å². The Balaban J connectivity index is 1.94. The van der Waals surface area contributed by atoms with Crippen molar-refractivity contribution in [1.82, 2.24) is 14.9 Å². The fourth-order valence-electron chi connectivity index (χ4n) is 3.13. The second-order valence-electron chi connectivity index (χ2n) is 6.36. The summed E-state index contributed by atoms with van der Waals surface area (Å²) in [4.78, 5) is 20.7. The van der Waals surface area contributed by atoms with E-state index >= 15 is 0 Å². The molecule has 0 atom stereocenters. The van der Waals surface area contributed by atoms with Crippen molar-refractivity contribution >= 4 is 9.84 Å². The van der Waals surface area contributed by atoms with Crippen molar-refractivity contribution in [1.29, 1.82) is 0 Å². The minimum atomic E-state index is -3.61. The van der Waals surface area contributed by atoms with E-state index in [0.717, 1.165) is 11.8 Å². The Morgan fingerprint density at radius 3 is 2.44 bits per heavy atom. The number of nitrogens with one attached hydrogen (secondary N) is 1. The summed E-state index contributed by atoms with van der Waals surface area (Å²) in [7, 11) is -0.609. The number of rotatable bonds is 5. The average Bonchev–Trinajstić information content (AvgIpc) is 2.61. The molecule has 2 heterocycles. The third-order valence-corrected chi connectivity index (χ3v) is 5.35. The van der Waals surface area contributed by atoms with E-state index in [-0.39, 0.29) is 10.9 Å². The smallest absolute Gasteiger partial charge is 0.255 e. The van der Waals surface area contributed by atoms with Crippen LogP contribution in [0.1, 0.15) is 16.8 Å². The number of phenolic OH excluding ortho intramolecular Hbond substituents is 1. The van der Waals surface area contributed by atoms with Gasteiger partial charge in [0, 0.05) is 43.6 Å². The maximum absolute atomic E-state index is 12.2. The molecule has 0 saturated heterocycles. The third-order valence-electron chi connectivity index (χ3n) is 4.46. The Kier molecular flexibility index (Phi) is 5.11. The molecule has 1 aromatic carbocycles. The first-order chi connectivity index (χ1) is 12.7. The average molecular weight is 395 g/mol. The van der Waals surface area contributed by atoms with E-state index in [1.165, 1.54) is 26.4 Å². The lowest BCUT2D eigenvalue weighted by Gasteiger charge is -2.28. The number of nitrogens with zero attached hydrogens (tertiary/aromatic N) is 2. The number of fused-ring (bicyclic) bond motifs is 1. The van der Waals surface area contributed by atoms with Gasteiger partial charge in [-0.3, -0.25) is 14.7 Å². The summed E-state index contributed by atoms with van der Waals surface area (Å²) in [5.74, 6) is 0.990. The monoisotopic (exact) mass is 395 g/mol. The van der Waals surface area contributed by atoms with Crippen LogP contribution in [0.4, 0.5) is 0 Å². The maximum atomic E-state index is 12.2. The Labute approximate surface area is 156 Å². The first-order valence-corrected chi connectivity index (χ1v) is 10.1. The topological polar surface area (TPSA) is 122 Å². The van der Waals surface area contributed by atoms with Crippen molar-refractivity contribution in [2.45, 2.75) is 24.7 Å². The van der Waals surface area contributed by atoms with Crippen LogP contribution in [-0.4, -0.2) is 55.4 Å². The van der Waals surface area contributed by atoms with Crippen LogP contribution >= 0.6 is 0 Å². The highest BCUT2D eigenvalue weighted by Gasteiger charge is 2.25. The molecule has 0 unspecified atom stereocenters. The number of hydrogen-bond acceptors (Lipinski definition) is 8. The van der Waals surface area contributed by atoms with Crippen molar-refractivity contribution in [2.24, 2.45) is 0 Å². The molecule has 3 rings (SSSR count). The molecular formula is C17H21N3O6S.